The summed E-state index contributed by atoms with van der Waals surface area (Å²) in [7, 11) is -7.30. The van der Waals surface area contributed by atoms with E-state index in [2.05, 4.69) is 0 Å². The molecule has 0 N–H and O–H groups in total. The van der Waals surface area contributed by atoms with Crippen LogP contribution in [0.5, 0.6) is 0 Å². The molecule has 2 atom stereocenters. The second kappa shape index (κ2) is 30.5. The second-order valence-corrected chi connectivity index (χ2v) is 24.5. The second-order valence-electron chi connectivity index (χ2n) is 20.1. The van der Waals surface area contributed by atoms with Gasteiger partial charge in [-0.2, -0.15) is 149 Å². The molecule has 0 heterocycles. The first-order valence-electron chi connectivity index (χ1n) is 26.3. The van der Waals surface area contributed by atoms with Crippen molar-refractivity contribution in [2.24, 2.45) is 11.8 Å². The van der Waals surface area contributed by atoms with Crippen LogP contribution >= 0.6 is 15.2 Å². The van der Waals surface area contributed by atoms with Crippen LogP contribution in [0.25, 0.3) is 0 Å². The van der Waals surface area contributed by atoms with Crippen molar-refractivity contribution in [1.82, 2.24) is 0 Å². The molecule has 0 aliphatic carbocycles. The highest BCUT2D eigenvalue weighted by molar-refractivity contribution is 7.54. The van der Waals surface area contributed by atoms with Gasteiger partial charge in [0.15, 0.2) is 0 Å². The Balaban J connectivity index is 8.00. The Hall–Kier alpha value is -2.08. The molecule has 0 fully saturated rings. The van der Waals surface area contributed by atoms with E-state index in [1.165, 1.54) is 27.7 Å². The highest BCUT2D eigenvalue weighted by Gasteiger charge is 2.97. The van der Waals surface area contributed by atoms with Crippen LogP contribution in [0.1, 0.15) is 143 Å². The van der Waals surface area contributed by atoms with Gasteiger partial charge in [-0.1, -0.05) is 77.0 Å². The average Bonchev–Trinajstić information content (AvgIpc) is 0.710. The van der Waals surface area contributed by atoms with Gasteiger partial charge >= 0.3 is 110 Å². The molecule has 0 aliphatic rings. The maximum absolute atomic E-state index is 15.8. The summed E-state index contributed by atoms with van der Waals surface area (Å²) < 4.78 is 532. The molecule has 0 saturated carbocycles. The van der Waals surface area contributed by atoms with E-state index in [4.69, 9.17) is 18.1 Å². The van der Waals surface area contributed by atoms with Crippen LogP contribution in [-0.2, 0) is 27.2 Å². The molecule has 0 radical (unpaired) electrons. The third kappa shape index (κ3) is 17.8. The molecule has 0 aromatic rings. The summed E-state index contributed by atoms with van der Waals surface area (Å²) in [5.74, 6) is -130. The van der Waals surface area contributed by atoms with E-state index in [0.717, 1.165) is 0 Å². The quantitative estimate of drug-likeness (QED) is 0.0344. The Kier molecular flexibility index (Phi) is 29.8. The van der Waals surface area contributed by atoms with Crippen LogP contribution in [0.4, 0.5) is 149 Å². The summed E-state index contributed by atoms with van der Waals surface area (Å²) in [5.41, 5.74) is 0. The largest absolute Gasteiger partial charge is 0.460 e. The molecule has 42 heteroatoms. The van der Waals surface area contributed by atoms with E-state index in [0.29, 0.717) is 0 Å². The summed E-state index contributed by atoms with van der Waals surface area (Å²) in [5, 5.41) is 0. The molecule has 0 bridgehead atoms. The first-order chi connectivity index (χ1) is 39.1. The fraction of sp³-hybridized carbons (Fsp3) is 1.00. The topological polar surface area (TPSA) is 71.1 Å². The first kappa shape index (κ1) is 85.9. The van der Waals surface area contributed by atoms with E-state index in [1.54, 1.807) is 0 Å². The highest BCUT2D eigenvalue weighted by Crippen LogP contribution is 2.67. The maximum atomic E-state index is 15.8. The zero-order chi connectivity index (χ0) is 70.0. The van der Waals surface area contributed by atoms with Crippen molar-refractivity contribution < 1.29 is 176 Å². The molecule has 0 spiro atoms. The third-order valence-electron chi connectivity index (χ3n) is 13.6. The minimum atomic E-state index is -9.26. The van der Waals surface area contributed by atoms with Crippen LogP contribution in [-0.4, -0.2) is 134 Å². The summed E-state index contributed by atoms with van der Waals surface area (Å²) in [6.45, 7) is 5.34. The van der Waals surface area contributed by atoms with Crippen molar-refractivity contribution in [3.05, 3.63) is 0 Å². The SMILES string of the molecule is CCOP(=O)(CCCCCCCCCC(CC(F)(F)C(F)(F)C(F)(F)C(F)(F)C(F)(F)C(F)(F)C(F)(F)C(F)(F)F)C(CCCCCCCCCP(=O)(OCC)OCC)CC(F)(F)C(F)(F)C(F)(F)C(F)(F)C(F)(F)C(F)(F)C(F)(F)C(F)(F)F)OCC. The van der Waals surface area contributed by atoms with Crippen LogP contribution in [0.2, 0.25) is 0 Å². The Bertz CT molecular complexity index is 2040. The van der Waals surface area contributed by atoms with Gasteiger partial charge in [-0.05, 0) is 65.2 Å². The summed E-state index contributed by atoms with van der Waals surface area (Å²) in [4.78, 5) is 0. The van der Waals surface area contributed by atoms with Crippen LogP contribution in [0.3, 0.4) is 0 Å². The lowest BCUT2D eigenvalue weighted by Gasteiger charge is -2.44. The molecular weight excluding hydrogens is 1360 g/mol. The standard InChI is InChI=1S/C46H62F34O6P2/c1-5-83-87(81,84-6-2)25-21-17-13-9-11-15-19-23-29(27-31(47,48)33(51,52)35(55,56)37(59,60)39(63,64)41(67,68)43(71,72)45(75,76)77)30(24-20-16-12-10-14-18-22-26-88(82,85-7-3)86-8-4)28-32(49,50)34(53,54)36(57,58)38(61,62)40(65,66)42(69,70)44(73,74)46(78,79)80/h29-30H,5-28H2,1-4H3. The van der Waals surface area contributed by atoms with Crippen molar-refractivity contribution in [2.45, 2.75) is 239 Å². The van der Waals surface area contributed by atoms with Gasteiger partial charge in [0.25, 0.3) is 0 Å². The zero-order valence-corrected chi connectivity index (χ0v) is 48.1. The Morgan fingerprint density at radius 1 is 0.250 bits per heavy atom. The monoisotopic (exact) mass is 1420 g/mol. The van der Waals surface area contributed by atoms with Gasteiger partial charge in [0.2, 0.25) is 0 Å². The molecule has 0 rings (SSSR count). The van der Waals surface area contributed by atoms with Gasteiger partial charge in [0.05, 0.1) is 38.8 Å². The van der Waals surface area contributed by atoms with Gasteiger partial charge in [-0.25, -0.2) is 0 Å². The highest BCUT2D eigenvalue weighted by atomic mass is 31.2. The summed E-state index contributed by atoms with van der Waals surface area (Å²) in [6, 6.07) is 0. The van der Waals surface area contributed by atoms with E-state index in [-0.39, 0.29) is 103 Å². The van der Waals surface area contributed by atoms with Crippen LogP contribution in [0, 0.1) is 11.8 Å². The minimum Gasteiger partial charge on any atom is -0.309 e. The minimum absolute atomic E-state index is 0.0524. The van der Waals surface area contributed by atoms with E-state index in [1.807, 2.05) is 0 Å². The Morgan fingerprint density at radius 2 is 0.420 bits per heavy atom. The zero-order valence-electron chi connectivity index (χ0n) is 46.3. The fourth-order valence-electron chi connectivity index (χ4n) is 8.63. The van der Waals surface area contributed by atoms with Crippen molar-refractivity contribution in [2.75, 3.05) is 38.8 Å². The molecule has 0 amide bonds. The molecule has 2 unspecified atom stereocenters. The number of hydrogen-bond acceptors (Lipinski definition) is 6. The predicted molar refractivity (Wildman–Crippen MR) is 243 cm³/mol. The number of alkyl halides is 34. The molecule has 0 aromatic heterocycles. The van der Waals surface area contributed by atoms with Crippen molar-refractivity contribution in [1.29, 1.82) is 0 Å². The molecular formula is C46H62F34O6P2. The lowest BCUT2D eigenvalue weighted by Crippen LogP contribution is -2.74. The summed E-state index contributed by atoms with van der Waals surface area (Å²) >= 11 is 0. The fourth-order valence-corrected chi connectivity index (χ4v) is 12.1. The van der Waals surface area contributed by atoms with E-state index < -0.39 is 174 Å². The number of rotatable bonds is 45. The number of halogens is 34. The Morgan fingerprint density at radius 3 is 0.614 bits per heavy atom. The van der Waals surface area contributed by atoms with Gasteiger partial charge in [0, 0.05) is 12.8 Å². The van der Waals surface area contributed by atoms with Gasteiger partial charge in [0.1, 0.15) is 0 Å². The lowest BCUT2D eigenvalue weighted by molar-refractivity contribution is -0.462. The number of unbranched alkanes of at least 4 members (excludes halogenated alkanes) is 12. The first-order valence-corrected chi connectivity index (χ1v) is 29.8. The van der Waals surface area contributed by atoms with Gasteiger partial charge in [-0.15, -0.1) is 0 Å². The van der Waals surface area contributed by atoms with Crippen molar-refractivity contribution >= 4 is 15.2 Å². The summed E-state index contributed by atoms with van der Waals surface area (Å²) in [6.07, 6.45) is -31.8. The van der Waals surface area contributed by atoms with E-state index in [9.17, 15) is 106 Å². The van der Waals surface area contributed by atoms with Crippen LogP contribution < -0.4 is 0 Å². The van der Waals surface area contributed by atoms with Gasteiger partial charge < -0.3 is 18.1 Å². The molecule has 0 saturated heterocycles. The predicted octanol–water partition coefficient (Wildman–Crippen LogP) is 21.8. The van der Waals surface area contributed by atoms with Crippen molar-refractivity contribution in [3.8, 4) is 0 Å². The molecule has 88 heavy (non-hydrogen) atoms. The molecule has 0 aliphatic heterocycles. The van der Waals surface area contributed by atoms with Gasteiger partial charge in [-0.3, -0.25) is 9.13 Å². The maximum Gasteiger partial charge on any atom is 0.460 e. The lowest BCUT2D eigenvalue weighted by atomic mass is 9.74. The Labute approximate surface area is 480 Å². The van der Waals surface area contributed by atoms with E-state index >= 15 is 52.7 Å². The normalized spacial score (nSPS) is 16.2. The van der Waals surface area contributed by atoms with Crippen LogP contribution in [0.15, 0.2) is 0 Å². The molecule has 6 nitrogen and oxygen atoms in total. The molecule has 530 valence electrons. The number of hydrogen-bond donors (Lipinski definition) is 0. The third-order valence-corrected chi connectivity index (χ3v) is 17.9. The average molecular weight is 1420 g/mol. The molecule has 0 aromatic carbocycles. The van der Waals surface area contributed by atoms with Crippen molar-refractivity contribution in [3.63, 3.8) is 0 Å². The smallest absolute Gasteiger partial charge is 0.309 e.